The molecule has 1 saturated heterocycles. The maximum absolute atomic E-state index is 14.8. The zero-order chi connectivity index (χ0) is 21.9. The largest absolute Gasteiger partial charge is 0.461 e. The highest BCUT2D eigenvalue weighted by molar-refractivity contribution is 5.65. The summed E-state index contributed by atoms with van der Waals surface area (Å²) in [5, 5.41) is 4.87. The number of nitrogens with zero attached hydrogens (tertiary/aromatic N) is 3. The van der Waals surface area contributed by atoms with Gasteiger partial charge in [-0.15, -0.1) is 0 Å². The topological polar surface area (TPSA) is 79.4 Å². The van der Waals surface area contributed by atoms with Crippen LogP contribution < -0.4 is 15.4 Å². The minimum absolute atomic E-state index is 0.0774. The van der Waals surface area contributed by atoms with Gasteiger partial charge in [0.25, 0.3) is 0 Å². The number of rotatable bonds is 7. The van der Waals surface area contributed by atoms with Crippen LogP contribution in [0.1, 0.15) is 30.0 Å². The van der Waals surface area contributed by atoms with Gasteiger partial charge in [0.15, 0.2) is 0 Å². The van der Waals surface area contributed by atoms with Crippen LogP contribution >= 0.6 is 0 Å². The Labute approximate surface area is 168 Å². The van der Waals surface area contributed by atoms with Crippen molar-refractivity contribution in [3.63, 3.8) is 0 Å². The second-order valence-electron chi connectivity index (χ2n) is 6.45. The molecule has 0 radical (unpaired) electrons. The minimum atomic E-state index is -4.67. The van der Waals surface area contributed by atoms with E-state index >= 15 is 0 Å². The summed E-state index contributed by atoms with van der Waals surface area (Å²) in [6, 6.07) is 1.74. The van der Waals surface area contributed by atoms with Crippen LogP contribution in [0.4, 0.5) is 39.4 Å². The maximum Gasteiger partial charge on any atom is 0.421 e. The van der Waals surface area contributed by atoms with Crippen LogP contribution in [0, 0.1) is 5.82 Å². The van der Waals surface area contributed by atoms with Gasteiger partial charge in [-0.3, -0.25) is 4.79 Å². The number of benzene rings is 1. The maximum atomic E-state index is 14.8. The number of carbonyl (C=O) groups is 1. The van der Waals surface area contributed by atoms with E-state index in [9.17, 15) is 26.7 Å². The quantitative estimate of drug-likeness (QED) is 0.509. The predicted molar refractivity (Wildman–Crippen MR) is 97.6 cm³/mol. The van der Waals surface area contributed by atoms with Crippen molar-refractivity contribution in [1.29, 1.82) is 0 Å². The van der Waals surface area contributed by atoms with Crippen LogP contribution in [0.15, 0.2) is 18.3 Å². The van der Waals surface area contributed by atoms with Crippen molar-refractivity contribution in [2.45, 2.75) is 25.1 Å². The molecule has 1 aromatic carbocycles. The summed E-state index contributed by atoms with van der Waals surface area (Å²) in [5.74, 6) is -1.56. The number of halogens is 5. The lowest BCUT2D eigenvalue weighted by atomic mass is 10.0. The molecule has 1 aliphatic heterocycles. The second-order valence-corrected chi connectivity index (χ2v) is 6.45. The van der Waals surface area contributed by atoms with Gasteiger partial charge in [0, 0.05) is 31.4 Å². The Morgan fingerprint density at radius 2 is 2.13 bits per heavy atom. The van der Waals surface area contributed by atoms with E-state index in [1.54, 1.807) is 0 Å². The summed E-state index contributed by atoms with van der Waals surface area (Å²) in [6.07, 6.45) is -2.26. The monoisotopic (exact) mass is 431 g/mol. The fourth-order valence-electron chi connectivity index (χ4n) is 3.31. The zero-order valence-electron chi connectivity index (χ0n) is 15.8. The van der Waals surface area contributed by atoms with Gasteiger partial charge in [-0.1, -0.05) is 0 Å². The Morgan fingerprint density at radius 1 is 1.37 bits per heavy atom. The first-order valence-corrected chi connectivity index (χ1v) is 8.90. The van der Waals surface area contributed by atoms with Crippen molar-refractivity contribution in [1.82, 2.24) is 14.9 Å². The smallest absolute Gasteiger partial charge is 0.421 e. The van der Waals surface area contributed by atoms with Crippen LogP contribution in [-0.2, 0) is 11.0 Å². The molecule has 1 unspecified atom stereocenters. The van der Waals surface area contributed by atoms with Gasteiger partial charge < -0.3 is 20.3 Å². The third kappa shape index (κ3) is 4.36. The number of likely N-dealkylation sites (tertiary alicyclic amines) is 1. The molecule has 30 heavy (non-hydrogen) atoms. The lowest BCUT2D eigenvalue weighted by molar-refractivity contribution is -0.137. The Kier molecular flexibility index (Phi) is 6.22. The van der Waals surface area contributed by atoms with E-state index in [2.05, 4.69) is 20.6 Å². The standard InChI is InChI=1S/C18H18F5N5O2/c1-24-16-11(18(21,22)23)7-25-17(27-16)26-13-6-12(20)10(5-15(13)30-8-19)14-3-2-4-28(14)9-29/h5-7,9,14H,2-4,8H2,1H3,(H2,24,25,26,27). The lowest BCUT2D eigenvalue weighted by Gasteiger charge is -2.22. The number of ether oxygens (including phenoxy) is 1. The van der Waals surface area contributed by atoms with Crippen LogP contribution in [0.2, 0.25) is 0 Å². The molecule has 12 heteroatoms. The van der Waals surface area contributed by atoms with Gasteiger partial charge >= 0.3 is 6.18 Å². The Morgan fingerprint density at radius 3 is 2.77 bits per heavy atom. The fourth-order valence-corrected chi connectivity index (χ4v) is 3.31. The summed E-state index contributed by atoms with van der Waals surface area (Å²) in [6.45, 7) is -0.753. The first-order chi connectivity index (χ1) is 14.3. The zero-order valence-corrected chi connectivity index (χ0v) is 15.8. The van der Waals surface area contributed by atoms with Crippen molar-refractivity contribution in [2.24, 2.45) is 0 Å². The summed E-state index contributed by atoms with van der Waals surface area (Å²) in [5.41, 5.74) is -1.00. The van der Waals surface area contributed by atoms with Crippen molar-refractivity contribution in [3.05, 3.63) is 35.3 Å². The SMILES string of the molecule is CNc1nc(Nc2cc(F)c(C3CCCN3C=O)cc2OCF)ncc1C(F)(F)F. The lowest BCUT2D eigenvalue weighted by Crippen LogP contribution is -2.22. The van der Waals surface area contributed by atoms with Crippen molar-refractivity contribution in [2.75, 3.05) is 31.1 Å². The Balaban J connectivity index is 1.96. The van der Waals surface area contributed by atoms with E-state index in [0.29, 0.717) is 32.0 Å². The van der Waals surface area contributed by atoms with Crippen LogP contribution in [0.3, 0.4) is 0 Å². The summed E-state index contributed by atoms with van der Waals surface area (Å²) in [4.78, 5) is 19.9. The number of carbonyl (C=O) groups excluding carboxylic acids is 1. The normalized spacial score (nSPS) is 16.5. The number of aromatic nitrogens is 2. The van der Waals surface area contributed by atoms with E-state index in [-0.39, 0.29) is 22.9 Å². The van der Waals surface area contributed by atoms with E-state index in [0.717, 1.165) is 6.07 Å². The highest BCUT2D eigenvalue weighted by Gasteiger charge is 2.35. The van der Waals surface area contributed by atoms with E-state index in [1.165, 1.54) is 18.0 Å². The van der Waals surface area contributed by atoms with Gasteiger partial charge in [0.05, 0.1) is 11.7 Å². The molecule has 0 spiro atoms. The molecule has 7 nitrogen and oxygen atoms in total. The second kappa shape index (κ2) is 8.67. The molecule has 1 aliphatic rings. The number of nitrogens with one attached hydrogen (secondary N) is 2. The molecule has 1 aromatic heterocycles. The van der Waals surface area contributed by atoms with E-state index in [1.807, 2.05) is 0 Å². The molecule has 2 heterocycles. The minimum Gasteiger partial charge on any atom is -0.461 e. The molecule has 2 N–H and O–H groups in total. The Hall–Kier alpha value is -3.18. The molecule has 0 saturated carbocycles. The number of amides is 1. The van der Waals surface area contributed by atoms with Crippen LogP contribution in [-0.4, -0.2) is 41.7 Å². The van der Waals surface area contributed by atoms with Crippen LogP contribution in [0.25, 0.3) is 0 Å². The number of hydrogen-bond acceptors (Lipinski definition) is 6. The fraction of sp³-hybridized carbons (Fsp3) is 0.389. The first kappa shape index (κ1) is 21.5. The molecule has 1 fully saturated rings. The van der Waals surface area contributed by atoms with Crippen molar-refractivity contribution >= 4 is 23.9 Å². The average Bonchev–Trinajstić information content (AvgIpc) is 3.17. The van der Waals surface area contributed by atoms with Gasteiger partial charge in [0.1, 0.15) is 22.9 Å². The molecule has 1 amide bonds. The first-order valence-electron chi connectivity index (χ1n) is 8.90. The van der Waals surface area contributed by atoms with E-state index < -0.39 is 36.3 Å². The predicted octanol–water partition coefficient (Wildman–Crippen LogP) is 4.02. The van der Waals surface area contributed by atoms with Gasteiger partial charge in [-0.2, -0.15) is 18.2 Å². The van der Waals surface area contributed by atoms with E-state index in [4.69, 9.17) is 4.74 Å². The summed E-state index contributed by atoms with van der Waals surface area (Å²) < 4.78 is 71.5. The molecule has 3 rings (SSSR count). The number of alkyl halides is 4. The van der Waals surface area contributed by atoms with Gasteiger partial charge in [0.2, 0.25) is 19.2 Å². The van der Waals surface area contributed by atoms with Gasteiger partial charge in [-0.25, -0.2) is 13.8 Å². The molecular formula is C18H18F5N5O2. The molecule has 1 atom stereocenters. The van der Waals surface area contributed by atoms with Crippen molar-refractivity contribution < 1.29 is 31.5 Å². The molecule has 0 bridgehead atoms. The number of anilines is 3. The highest BCUT2D eigenvalue weighted by Crippen LogP contribution is 2.39. The summed E-state index contributed by atoms with van der Waals surface area (Å²) in [7, 11) is 1.26. The third-order valence-corrected chi connectivity index (χ3v) is 4.67. The summed E-state index contributed by atoms with van der Waals surface area (Å²) >= 11 is 0. The number of hydrogen-bond donors (Lipinski definition) is 2. The Bertz CT molecular complexity index is 925. The highest BCUT2D eigenvalue weighted by atomic mass is 19.4. The van der Waals surface area contributed by atoms with Crippen molar-refractivity contribution in [3.8, 4) is 5.75 Å². The van der Waals surface area contributed by atoms with Crippen LogP contribution in [0.5, 0.6) is 5.75 Å². The molecule has 2 aromatic rings. The third-order valence-electron chi connectivity index (χ3n) is 4.67. The average molecular weight is 431 g/mol. The molecule has 0 aliphatic carbocycles. The van der Waals surface area contributed by atoms with Gasteiger partial charge in [-0.05, 0) is 18.9 Å². The molecule has 162 valence electrons. The molecular weight excluding hydrogens is 413 g/mol.